The van der Waals surface area contributed by atoms with Crippen LogP contribution in [0.5, 0.6) is 17.2 Å². The largest absolute Gasteiger partial charge is 0.493 e. The number of rotatable bonds is 6. The zero-order valence-corrected chi connectivity index (χ0v) is 18.6. The van der Waals surface area contributed by atoms with Crippen molar-refractivity contribution in [2.24, 2.45) is 5.92 Å². The summed E-state index contributed by atoms with van der Waals surface area (Å²) >= 11 is 0. The number of ether oxygens (including phenoxy) is 2. The number of hydrogen-bond donors (Lipinski definition) is 1. The Kier molecular flexibility index (Phi) is 5.05. The monoisotopic (exact) mass is 421 g/mol. The van der Waals surface area contributed by atoms with Crippen molar-refractivity contribution in [3.8, 4) is 17.2 Å². The van der Waals surface area contributed by atoms with E-state index in [-0.39, 0.29) is 5.91 Å². The molecular formula is C25H31N3O3. The third-order valence-electron chi connectivity index (χ3n) is 6.99. The fourth-order valence-corrected chi connectivity index (χ4v) is 4.89. The molecule has 6 nitrogen and oxygen atoms in total. The molecule has 1 saturated carbocycles. The number of amides is 1. The number of nitrogens with one attached hydrogen (secondary N) is 1. The van der Waals surface area contributed by atoms with Gasteiger partial charge in [-0.05, 0) is 68.5 Å². The van der Waals surface area contributed by atoms with Gasteiger partial charge in [0.2, 0.25) is 5.91 Å². The molecule has 0 bridgehead atoms. The molecule has 6 heteroatoms. The van der Waals surface area contributed by atoms with E-state index in [4.69, 9.17) is 9.47 Å². The second kappa shape index (κ2) is 7.75. The number of nitrogens with zero attached hydrogens (tertiary/aromatic N) is 2. The summed E-state index contributed by atoms with van der Waals surface area (Å²) in [4.78, 5) is 17.7. The lowest BCUT2D eigenvalue weighted by Crippen LogP contribution is -2.46. The van der Waals surface area contributed by atoms with E-state index in [9.17, 15) is 4.79 Å². The van der Waals surface area contributed by atoms with Crippen LogP contribution in [-0.2, 0) is 10.2 Å². The number of carbonyl (C=O) groups is 1. The maximum Gasteiger partial charge on any atom is 0.235 e. The van der Waals surface area contributed by atoms with Gasteiger partial charge in [0, 0.05) is 44.1 Å². The molecule has 2 aliphatic heterocycles. The summed E-state index contributed by atoms with van der Waals surface area (Å²) < 4.78 is 11.9. The van der Waals surface area contributed by atoms with Gasteiger partial charge in [0.05, 0.1) is 12.5 Å². The van der Waals surface area contributed by atoms with Crippen LogP contribution in [0.15, 0.2) is 36.4 Å². The molecule has 3 aliphatic rings. The number of likely N-dealkylation sites (tertiary alicyclic amines) is 1. The first kappa shape index (κ1) is 20.2. The minimum atomic E-state index is -0.452. The highest BCUT2D eigenvalue weighted by atomic mass is 16.5. The van der Waals surface area contributed by atoms with E-state index in [2.05, 4.69) is 10.2 Å². The first-order chi connectivity index (χ1) is 15.0. The highest BCUT2D eigenvalue weighted by Gasteiger charge is 2.49. The summed E-state index contributed by atoms with van der Waals surface area (Å²) in [5.41, 5.74) is 2.50. The maximum absolute atomic E-state index is 13.1. The van der Waals surface area contributed by atoms with Crippen molar-refractivity contribution >= 4 is 17.3 Å². The number of methoxy groups -OCH3 is 1. The van der Waals surface area contributed by atoms with Gasteiger partial charge < -0.3 is 24.6 Å². The van der Waals surface area contributed by atoms with E-state index in [1.165, 1.54) is 19.4 Å². The summed E-state index contributed by atoms with van der Waals surface area (Å²) in [7, 11) is 5.65. The van der Waals surface area contributed by atoms with E-state index < -0.39 is 5.41 Å². The molecule has 31 heavy (non-hydrogen) atoms. The van der Waals surface area contributed by atoms with Gasteiger partial charge in [0.15, 0.2) is 11.5 Å². The zero-order chi connectivity index (χ0) is 21.6. The van der Waals surface area contributed by atoms with Gasteiger partial charge >= 0.3 is 0 Å². The van der Waals surface area contributed by atoms with Crippen LogP contribution < -0.4 is 19.7 Å². The fourth-order valence-electron chi connectivity index (χ4n) is 4.89. The van der Waals surface area contributed by atoms with E-state index >= 15 is 0 Å². The Hall–Kier alpha value is -2.73. The van der Waals surface area contributed by atoms with Gasteiger partial charge in [-0.1, -0.05) is 6.07 Å². The van der Waals surface area contributed by atoms with Crippen molar-refractivity contribution in [3.63, 3.8) is 0 Å². The normalized spacial score (nSPS) is 19.8. The molecule has 0 radical (unpaired) electrons. The molecule has 1 spiro atoms. The molecule has 2 fully saturated rings. The van der Waals surface area contributed by atoms with Crippen LogP contribution in [0, 0.1) is 5.92 Å². The predicted molar refractivity (Wildman–Crippen MR) is 123 cm³/mol. The Morgan fingerprint density at radius 2 is 1.90 bits per heavy atom. The lowest BCUT2D eigenvalue weighted by atomic mass is 9.73. The Balaban J connectivity index is 1.41. The minimum Gasteiger partial charge on any atom is -0.493 e. The molecule has 0 unspecified atom stereocenters. The van der Waals surface area contributed by atoms with Crippen LogP contribution in [0.3, 0.4) is 0 Å². The molecule has 5 rings (SSSR count). The van der Waals surface area contributed by atoms with Crippen molar-refractivity contribution in [2.75, 3.05) is 51.1 Å². The molecule has 2 aromatic carbocycles. The van der Waals surface area contributed by atoms with E-state index in [0.717, 1.165) is 54.5 Å². The van der Waals surface area contributed by atoms with Crippen LogP contribution in [0.4, 0.5) is 11.4 Å². The second-order valence-electron chi connectivity index (χ2n) is 9.32. The van der Waals surface area contributed by atoms with Crippen molar-refractivity contribution in [1.82, 2.24) is 4.90 Å². The Morgan fingerprint density at radius 1 is 1.13 bits per heavy atom. The molecule has 2 heterocycles. The topological polar surface area (TPSA) is 54.0 Å². The zero-order valence-electron chi connectivity index (χ0n) is 18.6. The second-order valence-corrected chi connectivity index (χ2v) is 9.32. The number of benzene rings is 2. The Bertz CT molecular complexity index is 992. The SMILES string of the molecule is COc1cc2c(cc1Oc1cccc(N(C)C)c1)NC(=O)C21CCN(CC2CC2)CC1. The summed E-state index contributed by atoms with van der Waals surface area (Å²) in [5.74, 6) is 3.00. The molecule has 0 atom stereocenters. The van der Waals surface area contributed by atoms with E-state index in [0.29, 0.717) is 11.5 Å². The number of hydrogen-bond acceptors (Lipinski definition) is 5. The molecule has 164 valence electrons. The van der Waals surface area contributed by atoms with Crippen molar-refractivity contribution in [2.45, 2.75) is 31.1 Å². The van der Waals surface area contributed by atoms with Gasteiger partial charge in [-0.3, -0.25) is 4.79 Å². The molecule has 1 amide bonds. The lowest BCUT2D eigenvalue weighted by Gasteiger charge is -2.38. The average Bonchev–Trinajstić information content (AvgIpc) is 3.54. The van der Waals surface area contributed by atoms with Gasteiger partial charge in [-0.2, -0.15) is 0 Å². The summed E-state index contributed by atoms with van der Waals surface area (Å²) in [5, 5.41) is 3.13. The Labute approximate surface area is 184 Å². The summed E-state index contributed by atoms with van der Waals surface area (Å²) in [6.45, 7) is 3.13. The highest BCUT2D eigenvalue weighted by Crippen LogP contribution is 2.49. The molecule has 1 aliphatic carbocycles. The van der Waals surface area contributed by atoms with Crippen LogP contribution in [-0.4, -0.2) is 51.6 Å². The van der Waals surface area contributed by atoms with Crippen molar-refractivity contribution in [1.29, 1.82) is 0 Å². The number of carbonyl (C=O) groups excluding carboxylic acids is 1. The fraction of sp³-hybridized carbons (Fsp3) is 0.480. The molecule has 1 N–H and O–H groups in total. The standard InChI is InChI=1S/C25H31N3O3/c1-27(2)18-5-4-6-19(13-18)31-23-15-21-20(14-22(23)30-3)25(24(29)26-21)9-11-28(12-10-25)16-17-7-8-17/h4-6,13-15,17H,7-12,16H2,1-3H3,(H,26,29). The van der Waals surface area contributed by atoms with Gasteiger partial charge in [-0.15, -0.1) is 0 Å². The van der Waals surface area contributed by atoms with Gasteiger partial charge in [0.1, 0.15) is 5.75 Å². The number of anilines is 2. The predicted octanol–water partition coefficient (Wildman–Crippen LogP) is 4.25. The molecule has 2 aromatic rings. The van der Waals surface area contributed by atoms with E-state index in [1.54, 1.807) is 7.11 Å². The van der Waals surface area contributed by atoms with Crippen molar-refractivity contribution < 1.29 is 14.3 Å². The summed E-state index contributed by atoms with van der Waals surface area (Å²) in [6, 6.07) is 11.8. The molecule has 0 aromatic heterocycles. The Morgan fingerprint density at radius 3 is 2.58 bits per heavy atom. The number of fused-ring (bicyclic) bond motifs is 2. The van der Waals surface area contributed by atoms with Crippen LogP contribution >= 0.6 is 0 Å². The smallest absolute Gasteiger partial charge is 0.235 e. The quantitative estimate of drug-likeness (QED) is 0.756. The average molecular weight is 422 g/mol. The minimum absolute atomic E-state index is 0.113. The maximum atomic E-state index is 13.1. The van der Waals surface area contributed by atoms with E-state index in [1.807, 2.05) is 55.4 Å². The van der Waals surface area contributed by atoms with Crippen LogP contribution in [0.2, 0.25) is 0 Å². The van der Waals surface area contributed by atoms with Gasteiger partial charge in [-0.25, -0.2) is 0 Å². The summed E-state index contributed by atoms with van der Waals surface area (Å²) in [6.07, 6.45) is 4.43. The first-order valence-electron chi connectivity index (χ1n) is 11.2. The first-order valence-corrected chi connectivity index (χ1v) is 11.2. The number of piperidine rings is 1. The third kappa shape index (κ3) is 3.74. The van der Waals surface area contributed by atoms with Crippen molar-refractivity contribution in [3.05, 3.63) is 42.0 Å². The lowest BCUT2D eigenvalue weighted by molar-refractivity contribution is -0.122. The third-order valence-corrected chi connectivity index (χ3v) is 6.99. The van der Waals surface area contributed by atoms with Gasteiger partial charge in [0.25, 0.3) is 0 Å². The van der Waals surface area contributed by atoms with Crippen LogP contribution in [0.1, 0.15) is 31.2 Å². The molecule has 1 saturated heterocycles. The molecular weight excluding hydrogens is 390 g/mol. The highest BCUT2D eigenvalue weighted by molar-refractivity contribution is 6.06. The van der Waals surface area contributed by atoms with Crippen LogP contribution in [0.25, 0.3) is 0 Å².